The third-order valence-corrected chi connectivity index (χ3v) is 4.83. The van der Waals surface area contributed by atoms with Gasteiger partial charge in [-0.2, -0.15) is 0 Å². The molecule has 2 rings (SSSR count). The standard InChI is InChI=1S/C14H26O/c1-10-8-13(9-11(2)14(10)15)12-6-4-3-5-7-12/h10-15H,3-9H2,1-2H3. The van der Waals surface area contributed by atoms with E-state index >= 15 is 0 Å². The molecule has 2 fully saturated rings. The first-order valence-electron chi connectivity index (χ1n) is 6.86. The predicted octanol–water partition coefficient (Wildman–Crippen LogP) is 3.61. The second-order valence-electron chi connectivity index (χ2n) is 6.07. The van der Waals surface area contributed by atoms with E-state index in [4.69, 9.17) is 0 Å². The van der Waals surface area contributed by atoms with Crippen LogP contribution in [0.4, 0.5) is 0 Å². The molecule has 2 aliphatic carbocycles. The Bertz CT molecular complexity index is 184. The molecule has 0 spiro atoms. The third kappa shape index (κ3) is 2.55. The van der Waals surface area contributed by atoms with Crippen LogP contribution < -0.4 is 0 Å². The van der Waals surface area contributed by atoms with E-state index in [1.54, 1.807) is 0 Å². The summed E-state index contributed by atoms with van der Waals surface area (Å²) in [4.78, 5) is 0. The molecule has 2 aliphatic rings. The first kappa shape index (κ1) is 11.4. The summed E-state index contributed by atoms with van der Waals surface area (Å²) in [6.07, 6.45) is 9.78. The SMILES string of the molecule is CC1CC(C2CCCCC2)CC(C)C1O. The number of hydrogen-bond donors (Lipinski definition) is 1. The molecule has 0 amide bonds. The van der Waals surface area contributed by atoms with Crippen molar-refractivity contribution in [3.05, 3.63) is 0 Å². The lowest BCUT2D eigenvalue weighted by Gasteiger charge is -2.41. The summed E-state index contributed by atoms with van der Waals surface area (Å²) in [5.74, 6) is 2.95. The zero-order valence-corrected chi connectivity index (χ0v) is 10.3. The Morgan fingerprint density at radius 2 is 1.33 bits per heavy atom. The molecule has 2 atom stereocenters. The van der Waals surface area contributed by atoms with Crippen LogP contribution in [-0.4, -0.2) is 11.2 Å². The first-order chi connectivity index (χ1) is 7.18. The van der Waals surface area contributed by atoms with Gasteiger partial charge in [-0.3, -0.25) is 0 Å². The lowest BCUT2D eigenvalue weighted by Crippen LogP contribution is -2.37. The van der Waals surface area contributed by atoms with E-state index < -0.39 is 0 Å². The molecule has 0 radical (unpaired) electrons. The first-order valence-corrected chi connectivity index (χ1v) is 6.86. The van der Waals surface area contributed by atoms with E-state index in [9.17, 15) is 5.11 Å². The second-order valence-corrected chi connectivity index (χ2v) is 6.07. The highest BCUT2D eigenvalue weighted by Gasteiger charge is 2.35. The maximum Gasteiger partial charge on any atom is 0.0591 e. The highest BCUT2D eigenvalue weighted by molar-refractivity contribution is 4.86. The molecule has 1 heteroatoms. The molecular weight excluding hydrogens is 184 g/mol. The molecule has 88 valence electrons. The molecule has 0 aromatic carbocycles. The van der Waals surface area contributed by atoms with Gasteiger partial charge in [0, 0.05) is 0 Å². The Hall–Kier alpha value is -0.0400. The maximum absolute atomic E-state index is 9.96. The van der Waals surface area contributed by atoms with E-state index in [1.807, 2.05) is 0 Å². The Morgan fingerprint density at radius 3 is 1.87 bits per heavy atom. The van der Waals surface area contributed by atoms with Gasteiger partial charge in [0.15, 0.2) is 0 Å². The van der Waals surface area contributed by atoms with Crippen LogP contribution >= 0.6 is 0 Å². The van der Waals surface area contributed by atoms with Crippen molar-refractivity contribution in [1.82, 2.24) is 0 Å². The van der Waals surface area contributed by atoms with Crippen LogP contribution in [0.15, 0.2) is 0 Å². The van der Waals surface area contributed by atoms with E-state index in [0.717, 1.165) is 11.8 Å². The molecule has 0 saturated heterocycles. The Morgan fingerprint density at radius 1 is 0.800 bits per heavy atom. The molecule has 1 N–H and O–H groups in total. The van der Waals surface area contributed by atoms with Gasteiger partial charge < -0.3 is 5.11 Å². The van der Waals surface area contributed by atoms with Gasteiger partial charge in [0.05, 0.1) is 6.10 Å². The molecule has 15 heavy (non-hydrogen) atoms. The van der Waals surface area contributed by atoms with Crippen molar-refractivity contribution >= 4 is 0 Å². The monoisotopic (exact) mass is 210 g/mol. The van der Waals surface area contributed by atoms with E-state index in [2.05, 4.69) is 13.8 Å². The minimum atomic E-state index is -0.0372. The van der Waals surface area contributed by atoms with Gasteiger partial charge in [0.2, 0.25) is 0 Å². The molecule has 0 aromatic rings. The Kier molecular flexibility index (Phi) is 3.71. The van der Waals surface area contributed by atoms with Crippen molar-refractivity contribution in [3.63, 3.8) is 0 Å². The molecule has 2 unspecified atom stereocenters. The Labute approximate surface area is 94.3 Å². The van der Waals surface area contributed by atoms with Crippen molar-refractivity contribution in [3.8, 4) is 0 Å². The molecule has 0 aromatic heterocycles. The summed E-state index contributed by atoms with van der Waals surface area (Å²) < 4.78 is 0. The zero-order chi connectivity index (χ0) is 10.8. The van der Waals surface area contributed by atoms with Crippen molar-refractivity contribution < 1.29 is 5.11 Å². The minimum absolute atomic E-state index is 0.0372. The topological polar surface area (TPSA) is 20.2 Å². The normalized spacial score (nSPS) is 44.2. The summed E-state index contributed by atoms with van der Waals surface area (Å²) >= 11 is 0. The quantitative estimate of drug-likeness (QED) is 0.701. The lowest BCUT2D eigenvalue weighted by molar-refractivity contribution is -0.00627. The van der Waals surface area contributed by atoms with Gasteiger partial charge in [-0.25, -0.2) is 0 Å². The highest BCUT2D eigenvalue weighted by Crippen LogP contribution is 2.42. The zero-order valence-electron chi connectivity index (χ0n) is 10.3. The summed E-state index contributed by atoms with van der Waals surface area (Å²) in [6, 6.07) is 0. The summed E-state index contributed by atoms with van der Waals surface area (Å²) in [5, 5.41) is 9.96. The summed E-state index contributed by atoms with van der Waals surface area (Å²) in [6.45, 7) is 4.46. The van der Waals surface area contributed by atoms with Crippen LogP contribution in [0.5, 0.6) is 0 Å². The summed E-state index contributed by atoms with van der Waals surface area (Å²) in [5.41, 5.74) is 0. The van der Waals surface area contributed by atoms with Crippen LogP contribution in [0.25, 0.3) is 0 Å². The number of aliphatic hydroxyl groups excluding tert-OH is 1. The van der Waals surface area contributed by atoms with Gasteiger partial charge in [0.1, 0.15) is 0 Å². The number of aliphatic hydroxyl groups is 1. The van der Waals surface area contributed by atoms with Gasteiger partial charge in [-0.05, 0) is 36.5 Å². The van der Waals surface area contributed by atoms with Gasteiger partial charge >= 0.3 is 0 Å². The average Bonchev–Trinajstić information content (AvgIpc) is 2.26. The third-order valence-electron chi connectivity index (χ3n) is 4.83. The average molecular weight is 210 g/mol. The van der Waals surface area contributed by atoms with Gasteiger partial charge in [0.25, 0.3) is 0 Å². The molecule has 0 bridgehead atoms. The Balaban J connectivity index is 1.92. The number of rotatable bonds is 1. The van der Waals surface area contributed by atoms with Crippen LogP contribution in [-0.2, 0) is 0 Å². The molecule has 0 aliphatic heterocycles. The maximum atomic E-state index is 9.96. The largest absolute Gasteiger partial charge is 0.393 e. The molecule has 0 heterocycles. The van der Waals surface area contributed by atoms with E-state index in [-0.39, 0.29) is 6.10 Å². The van der Waals surface area contributed by atoms with Crippen molar-refractivity contribution in [2.45, 2.75) is 64.9 Å². The fraction of sp³-hybridized carbons (Fsp3) is 1.00. The molecular formula is C14H26O. The van der Waals surface area contributed by atoms with Crippen molar-refractivity contribution in [1.29, 1.82) is 0 Å². The van der Waals surface area contributed by atoms with Gasteiger partial charge in [-0.15, -0.1) is 0 Å². The fourth-order valence-electron chi connectivity index (χ4n) is 3.88. The van der Waals surface area contributed by atoms with Crippen LogP contribution in [0, 0.1) is 23.7 Å². The second kappa shape index (κ2) is 4.86. The lowest BCUT2D eigenvalue weighted by atomic mass is 9.67. The van der Waals surface area contributed by atoms with Gasteiger partial charge in [-0.1, -0.05) is 46.0 Å². The fourth-order valence-corrected chi connectivity index (χ4v) is 3.88. The van der Waals surface area contributed by atoms with E-state index in [1.165, 1.54) is 44.9 Å². The predicted molar refractivity (Wildman–Crippen MR) is 63.6 cm³/mol. The van der Waals surface area contributed by atoms with Crippen LogP contribution in [0.1, 0.15) is 58.8 Å². The molecule has 1 nitrogen and oxygen atoms in total. The molecule has 2 saturated carbocycles. The van der Waals surface area contributed by atoms with E-state index in [0.29, 0.717) is 11.8 Å². The van der Waals surface area contributed by atoms with Crippen molar-refractivity contribution in [2.24, 2.45) is 23.7 Å². The highest BCUT2D eigenvalue weighted by atomic mass is 16.3. The minimum Gasteiger partial charge on any atom is -0.393 e. The smallest absolute Gasteiger partial charge is 0.0591 e. The van der Waals surface area contributed by atoms with Crippen molar-refractivity contribution in [2.75, 3.05) is 0 Å². The number of hydrogen-bond acceptors (Lipinski definition) is 1. The van der Waals surface area contributed by atoms with Crippen LogP contribution in [0.3, 0.4) is 0 Å². The van der Waals surface area contributed by atoms with Crippen LogP contribution in [0.2, 0.25) is 0 Å². The summed E-state index contributed by atoms with van der Waals surface area (Å²) in [7, 11) is 0.